The van der Waals surface area contributed by atoms with Crippen LogP contribution in [0.1, 0.15) is 40.1 Å². The van der Waals surface area contributed by atoms with Gasteiger partial charge in [-0.2, -0.15) is 26.3 Å². The molecule has 3 N–H and O–H groups in total. The van der Waals surface area contributed by atoms with E-state index in [1.807, 2.05) is 6.07 Å². The van der Waals surface area contributed by atoms with Crippen molar-refractivity contribution in [2.24, 2.45) is 0 Å². The van der Waals surface area contributed by atoms with Crippen molar-refractivity contribution in [3.63, 3.8) is 0 Å². The molecule has 4 rings (SSSR count). The summed E-state index contributed by atoms with van der Waals surface area (Å²) in [4.78, 5) is 21.2. The molecule has 0 fully saturated rings. The number of carbonyl (C=O) groups is 1. The highest BCUT2D eigenvalue weighted by molar-refractivity contribution is 5.95. The first kappa shape index (κ1) is 23.3. The minimum absolute atomic E-state index is 0.0372. The normalized spacial score (nSPS) is 14.4. The van der Waals surface area contributed by atoms with E-state index in [0.29, 0.717) is 17.8 Å². The van der Waals surface area contributed by atoms with Crippen LogP contribution >= 0.6 is 0 Å². The monoisotopic (exact) mass is 482 g/mol. The Morgan fingerprint density at radius 3 is 2.24 bits per heavy atom. The number of nitrogens with one attached hydrogen (secondary N) is 3. The van der Waals surface area contributed by atoms with Crippen molar-refractivity contribution in [3.05, 3.63) is 77.2 Å². The van der Waals surface area contributed by atoms with Crippen LogP contribution in [-0.4, -0.2) is 15.9 Å². The number of carbonyl (C=O) groups excluding carboxylic acids is 1. The van der Waals surface area contributed by atoms with E-state index in [1.54, 1.807) is 23.2 Å². The zero-order valence-corrected chi connectivity index (χ0v) is 17.3. The summed E-state index contributed by atoms with van der Waals surface area (Å²) in [5, 5.41) is 3.95. The molecule has 2 aromatic carbocycles. The van der Waals surface area contributed by atoms with Crippen molar-refractivity contribution in [2.45, 2.75) is 25.3 Å². The molecule has 7 nitrogen and oxygen atoms in total. The molecule has 0 saturated carbocycles. The molecule has 1 unspecified atom stereocenters. The van der Waals surface area contributed by atoms with E-state index in [2.05, 4.69) is 26.2 Å². The standard InChI is InChI=1S/C21H16F6N6O/c1-11(17-18(29-7-6-28-17)33-16-5-3-2-4-15(16)31-32-33)30-19(34)12-8-13(20(22,23)24)10-14(9-12)21(25,26)27/h2-11,31-32H,1H3,(H,30,34). The summed E-state index contributed by atoms with van der Waals surface area (Å²) in [5.74, 6) is -0.860. The van der Waals surface area contributed by atoms with Crippen LogP contribution in [0.15, 0.2) is 54.9 Å². The van der Waals surface area contributed by atoms with Gasteiger partial charge in [-0.25, -0.2) is 9.99 Å². The number of hydrogen-bond acceptors (Lipinski definition) is 6. The van der Waals surface area contributed by atoms with Gasteiger partial charge in [0.2, 0.25) is 0 Å². The molecule has 13 heteroatoms. The van der Waals surface area contributed by atoms with E-state index in [-0.39, 0.29) is 17.6 Å². The van der Waals surface area contributed by atoms with Gasteiger partial charge in [-0.05, 0) is 37.3 Å². The fourth-order valence-electron chi connectivity index (χ4n) is 3.37. The summed E-state index contributed by atoms with van der Waals surface area (Å²) in [5.41, 5.74) is 3.52. The molecule has 0 radical (unpaired) electrons. The molecule has 2 heterocycles. The molecule has 1 aromatic heterocycles. The minimum atomic E-state index is -5.07. The van der Waals surface area contributed by atoms with Gasteiger partial charge in [0.1, 0.15) is 5.69 Å². The number of hydrogen-bond donors (Lipinski definition) is 3. The van der Waals surface area contributed by atoms with Crippen molar-refractivity contribution in [1.82, 2.24) is 20.8 Å². The second-order valence-electron chi connectivity index (χ2n) is 7.34. The molecular weight excluding hydrogens is 466 g/mol. The van der Waals surface area contributed by atoms with Crippen molar-refractivity contribution in [1.29, 1.82) is 0 Å². The number of fused-ring (bicyclic) bond motifs is 1. The lowest BCUT2D eigenvalue weighted by molar-refractivity contribution is -0.143. The second-order valence-corrected chi connectivity index (χ2v) is 7.34. The zero-order valence-electron chi connectivity index (χ0n) is 17.3. The maximum Gasteiger partial charge on any atom is 0.416 e. The third kappa shape index (κ3) is 4.59. The number of nitrogens with zero attached hydrogens (tertiary/aromatic N) is 3. The van der Waals surface area contributed by atoms with Gasteiger partial charge in [0.05, 0.1) is 28.5 Å². The van der Waals surface area contributed by atoms with Gasteiger partial charge in [0, 0.05) is 18.0 Å². The average Bonchev–Trinajstić information content (AvgIpc) is 3.21. The van der Waals surface area contributed by atoms with Gasteiger partial charge >= 0.3 is 12.4 Å². The summed E-state index contributed by atoms with van der Waals surface area (Å²) in [6.45, 7) is 1.49. The summed E-state index contributed by atoms with van der Waals surface area (Å²) < 4.78 is 78.8. The highest BCUT2D eigenvalue weighted by Crippen LogP contribution is 2.37. The maximum atomic E-state index is 13.1. The molecule has 1 amide bonds. The zero-order chi connectivity index (χ0) is 24.7. The predicted molar refractivity (Wildman–Crippen MR) is 110 cm³/mol. The smallest absolute Gasteiger partial charge is 0.344 e. The lowest BCUT2D eigenvalue weighted by Crippen LogP contribution is -2.35. The number of amides is 1. The van der Waals surface area contributed by atoms with Crippen LogP contribution in [0, 0.1) is 0 Å². The van der Waals surface area contributed by atoms with E-state index in [0.717, 1.165) is 5.69 Å². The Kier molecular flexibility index (Phi) is 5.81. The van der Waals surface area contributed by atoms with E-state index in [1.165, 1.54) is 19.3 Å². The van der Waals surface area contributed by atoms with Gasteiger partial charge in [0.25, 0.3) is 5.91 Å². The van der Waals surface area contributed by atoms with Crippen molar-refractivity contribution in [2.75, 3.05) is 10.4 Å². The Bertz CT molecular complexity index is 1200. The molecule has 0 bridgehead atoms. The van der Waals surface area contributed by atoms with Crippen LogP contribution in [0.3, 0.4) is 0 Å². The number of halogens is 6. The number of rotatable bonds is 4. The molecule has 34 heavy (non-hydrogen) atoms. The number of para-hydroxylation sites is 2. The van der Waals surface area contributed by atoms with Gasteiger partial charge in [-0.15, -0.1) is 5.53 Å². The highest BCUT2D eigenvalue weighted by atomic mass is 19.4. The summed E-state index contributed by atoms with van der Waals surface area (Å²) in [6, 6.07) is 6.96. The van der Waals surface area contributed by atoms with Gasteiger partial charge < -0.3 is 10.7 Å². The number of hydrazine groups is 2. The van der Waals surface area contributed by atoms with E-state index < -0.39 is 41.0 Å². The van der Waals surface area contributed by atoms with Gasteiger partial charge in [0.15, 0.2) is 5.82 Å². The SMILES string of the molecule is CC(NC(=O)c1cc(C(F)(F)F)cc(C(F)(F)F)c1)c1nccnc1N1NNc2ccccc21. The molecule has 0 spiro atoms. The molecule has 1 aliphatic rings. The molecule has 1 atom stereocenters. The number of alkyl halides is 6. The van der Waals surface area contributed by atoms with E-state index >= 15 is 0 Å². The van der Waals surface area contributed by atoms with Crippen LogP contribution in [0.2, 0.25) is 0 Å². The topological polar surface area (TPSA) is 82.2 Å². The fourth-order valence-corrected chi connectivity index (χ4v) is 3.37. The first-order chi connectivity index (χ1) is 15.9. The Morgan fingerprint density at radius 2 is 1.59 bits per heavy atom. The van der Waals surface area contributed by atoms with Crippen LogP contribution in [0.25, 0.3) is 0 Å². The first-order valence-electron chi connectivity index (χ1n) is 9.77. The minimum Gasteiger partial charge on any atom is -0.344 e. The molecule has 0 saturated heterocycles. The fraction of sp³-hybridized carbons (Fsp3) is 0.190. The molecule has 1 aliphatic heterocycles. The largest absolute Gasteiger partial charge is 0.416 e. The van der Waals surface area contributed by atoms with E-state index in [4.69, 9.17) is 0 Å². The Hall–Kier alpha value is -3.87. The van der Waals surface area contributed by atoms with Crippen molar-refractivity contribution < 1.29 is 31.1 Å². The number of benzene rings is 2. The highest BCUT2D eigenvalue weighted by Gasteiger charge is 2.37. The van der Waals surface area contributed by atoms with E-state index in [9.17, 15) is 31.1 Å². The summed E-state index contributed by atoms with van der Waals surface area (Å²) in [6.07, 6.45) is -7.38. The third-order valence-electron chi connectivity index (χ3n) is 4.97. The van der Waals surface area contributed by atoms with Crippen LogP contribution in [-0.2, 0) is 12.4 Å². The Balaban J connectivity index is 1.64. The molecule has 3 aromatic rings. The Morgan fingerprint density at radius 1 is 0.971 bits per heavy atom. The molecule has 178 valence electrons. The van der Waals surface area contributed by atoms with Gasteiger partial charge in [-0.1, -0.05) is 12.1 Å². The van der Waals surface area contributed by atoms with Gasteiger partial charge in [-0.3, -0.25) is 9.78 Å². The molecule has 0 aliphatic carbocycles. The average molecular weight is 482 g/mol. The molecular formula is C21H16F6N6O. The Labute approximate surface area is 188 Å². The predicted octanol–water partition coefficient (Wildman–Crippen LogP) is 4.99. The van der Waals surface area contributed by atoms with Crippen LogP contribution in [0.5, 0.6) is 0 Å². The number of aromatic nitrogens is 2. The van der Waals surface area contributed by atoms with Crippen LogP contribution in [0.4, 0.5) is 43.5 Å². The maximum absolute atomic E-state index is 13.1. The summed E-state index contributed by atoms with van der Waals surface area (Å²) >= 11 is 0. The number of anilines is 3. The van der Waals surface area contributed by atoms with Crippen molar-refractivity contribution >= 4 is 23.1 Å². The second kappa shape index (κ2) is 8.48. The third-order valence-corrected chi connectivity index (χ3v) is 4.97. The quantitative estimate of drug-likeness (QED) is 0.455. The lowest BCUT2D eigenvalue weighted by Gasteiger charge is -2.22. The summed E-state index contributed by atoms with van der Waals surface area (Å²) in [7, 11) is 0. The first-order valence-corrected chi connectivity index (χ1v) is 9.77. The van der Waals surface area contributed by atoms with Crippen molar-refractivity contribution in [3.8, 4) is 0 Å². The lowest BCUT2D eigenvalue weighted by atomic mass is 10.0. The van der Waals surface area contributed by atoms with Crippen LogP contribution < -0.4 is 21.3 Å².